The summed E-state index contributed by atoms with van der Waals surface area (Å²) < 4.78 is 57.2. The second-order valence-corrected chi connectivity index (χ2v) is 8.98. The van der Waals surface area contributed by atoms with E-state index in [1.807, 2.05) is 13.8 Å². The number of nitrogens with two attached hydrogens (primary N) is 1. The van der Waals surface area contributed by atoms with Crippen LogP contribution >= 0.6 is 0 Å². The van der Waals surface area contributed by atoms with Gasteiger partial charge in [-0.1, -0.05) is 0 Å². The third-order valence-corrected chi connectivity index (χ3v) is 6.25. The average Bonchev–Trinajstić information content (AvgIpc) is 3.43. The first-order chi connectivity index (χ1) is 17.5. The standard InChI is InChI=1S/C24H22F4N8O/c1-11(2)36-22-18(21(29)31-10-32-22)20(34-36)14-4-5-16-13(19(14)25)6-7-35(16)23(37)33-17-8-15(24(26,27)28)12(3)9-30-17/h4-5,8-11H,6-7H2,1-3H3,(H2,29,31,32)(H,30,33,37). The van der Waals surface area contributed by atoms with Gasteiger partial charge >= 0.3 is 12.2 Å². The van der Waals surface area contributed by atoms with Gasteiger partial charge in [-0.15, -0.1) is 0 Å². The molecular formula is C24H22F4N8O. The number of nitrogens with one attached hydrogen (secondary N) is 1. The SMILES string of the molecule is Cc1cnc(NC(=O)N2CCc3c2ccc(-c2nn(C(C)C)c4ncnc(N)c24)c3F)cc1C(F)(F)F. The highest BCUT2D eigenvalue weighted by Gasteiger charge is 2.34. The van der Waals surface area contributed by atoms with Gasteiger partial charge in [-0.25, -0.2) is 28.8 Å². The van der Waals surface area contributed by atoms with Crippen molar-refractivity contribution in [3.8, 4) is 11.3 Å². The van der Waals surface area contributed by atoms with Gasteiger partial charge in [-0.05, 0) is 51.0 Å². The molecule has 0 fully saturated rings. The molecule has 192 valence electrons. The van der Waals surface area contributed by atoms with Gasteiger partial charge in [0, 0.05) is 29.9 Å². The number of hydrogen-bond donors (Lipinski definition) is 2. The Morgan fingerprint density at radius 3 is 2.65 bits per heavy atom. The molecular weight excluding hydrogens is 492 g/mol. The van der Waals surface area contributed by atoms with Crippen LogP contribution in [0.2, 0.25) is 0 Å². The first kappa shape index (κ1) is 24.4. The fourth-order valence-corrected chi connectivity index (χ4v) is 4.46. The van der Waals surface area contributed by atoms with Crippen LogP contribution in [-0.4, -0.2) is 37.3 Å². The summed E-state index contributed by atoms with van der Waals surface area (Å²) in [5.41, 5.74) is 6.65. The predicted octanol–water partition coefficient (Wildman–Crippen LogP) is 5.11. The van der Waals surface area contributed by atoms with Crippen molar-refractivity contribution in [1.29, 1.82) is 0 Å². The first-order valence-electron chi connectivity index (χ1n) is 11.4. The summed E-state index contributed by atoms with van der Waals surface area (Å²) in [6.45, 7) is 5.23. The summed E-state index contributed by atoms with van der Waals surface area (Å²) in [7, 11) is 0. The zero-order valence-electron chi connectivity index (χ0n) is 20.1. The molecule has 13 heteroatoms. The Kier molecular flexibility index (Phi) is 5.72. The minimum Gasteiger partial charge on any atom is -0.383 e. The molecule has 0 saturated carbocycles. The van der Waals surface area contributed by atoms with Crippen molar-refractivity contribution in [2.45, 2.75) is 39.4 Å². The van der Waals surface area contributed by atoms with Gasteiger partial charge in [0.1, 0.15) is 29.5 Å². The summed E-state index contributed by atoms with van der Waals surface area (Å²) in [5.74, 6) is -0.662. The molecule has 0 bridgehead atoms. The second-order valence-electron chi connectivity index (χ2n) is 8.98. The second kappa shape index (κ2) is 8.68. The number of anilines is 3. The molecule has 3 aromatic heterocycles. The van der Waals surface area contributed by atoms with Crippen LogP contribution in [0.4, 0.5) is 39.7 Å². The molecule has 0 unspecified atom stereocenters. The molecule has 0 saturated heterocycles. The molecule has 4 heterocycles. The molecule has 3 N–H and O–H groups in total. The predicted molar refractivity (Wildman–Crippen MR) is 130 cm³/mol. The molecule has 0 spiro atoms. The molecule has 0 aliphatic carbocycles. The van der Waals surface area contributed by atoms with Crippen molar-refractivity contribution in [2.75, 3.05) is 22.5 Å². The van der Waals surface area contributed by atoms with E-state index in [4.69, 9.17) is 5.73 Å². The van der Waals surface area contributed by atoms with Crippen LogP contribution < -0.4 is 16.0 Å². The monoisotopic (exact) mass is 514 g/mol. The minimum absolute atomic E-state index is 0.0647. The Labute approximate surface area is 208 Å². The molecule has 1 aliphatic heterocycles. The number of amides is 2. The maximum absolute atomic E-state index is 15.8. The lowest BCUT2D eigenvalue weighted by molar-refractivity contribution is -0.138. The highest BCUT2D eigenvalue weighted by atomic mass is 19.4. The van der Waals surface area contributed by atoms with Gasteiger partial charge in [0.2, 0.25) is 0 Å². The zero-order chi connectivity index (χ0) is 26.6. The maximum atomic E-state index is 15.8. The lowest BCUT2D eigenvalue weighted by Gasteiger charge is -2.19. The summed E-state index contributed by atoms with van der Waals surface area (Å²) in [6.07, 6.45) is -2.03. The first-order valence-corrected chi connectivity index (χ1v) is 11.4. The van der Waals surface area contributed by atoms with Crippen molar-refractivity contribution in [3.63, 3.8) is 0 Å². The number of halogens is 4. The lowest BCUT2D eigenvalue weighted by atomic mass is 10.0. The smallest absolute Gasteiger partial charge is 0.383 e. The number of aryl methyl sites for hydroxylation is 1. The van der Waals surface area contributed by atoms with E-state index in [1.165, 1.54) is 24.2 Å². The van der Waals surface area contributed by atoms with Gasteiger partial charge in [0.25, 0.3) is 0 Å². The summed E-state index contributed by atoms with van der Waals surface area (Å²) in [4.78, 5) is 26.3. The molecule has 1 aliphatic rings. The number of rotatable bonds is 3. The number of alkyl halides is 3. The number of carbonyl (C=O) groups is 1. The average molecular weight is 514 g/mol. The molecule has 5 rings (SSSR count). The van der Waals surface area contributed by atoms with Crippen LogP contribution in [0.3, 0.4) is 0 Å². The van der Waals surface area contributed by atoms with E-state index in [2.05, 4.69) is 25.4 Å². The highest BCUT2D eigenvalue weighted by Crippen LogP contribution is 2.39. The van der Waals surface area contributed by atoms with Crippen LogP contribution in [0.25, 0.3) is 22.3 Å². The van der Waals surface area contributed by atoms with Crippen LogP contribution in [0.15, 0.2) is 30.7 Å². The summed E-state index contributed by atoms with van der Waals surface area (Å²) >= 11 is 0. The van der Waals surface area contributed by atoms with Crippen LogP contribution in [0.5, 0.6) is 0 Å². The fourth-order valence-electron chi connectivity index (χ4n) is 4.46. The van der Waals surface area contributed by atoms with E-state index in [0.717, 1.165) is 12.3 Å². The normalized spacial score (nSPS) is 13.5. The van der Waals surface area contributed by atoms with Gasteiger partial charge < -0.3 is 5.73 Å². The molecule has 2 amide bonds. The summed E-state index contributed by atoms with van der Waals surface area (Å²) in [6, 6.07) is 3.05. The number of carbonyl (C=O) groups excluding carboxylic acids is 1. The van der Waals surface area contributed by atoms with Gasteiger partial charge in [-0.2, -0.15) is 18.3 Å². The molecule has 0 radical (unpaired) electrons. The van der Waals surface area contributed by atoms with Crippen LogP contribution in [0.1, 0.15) is 36.6 Å². The van der Waals surface area contributed by atoms with Crippen molar-refractivity contribution in [3.05, 3.63) is 53.2 Å². The van der Waals surface area contributed by atoms with E-state index in [-0.39, 0.29) is 53.0 Å². The minimum atomic E-state index is -4.59. The van der Waals surface area contributed by atoms with E-state index < -0.39 is 23.6 Å². The van der Waals surface area contributed by atoms with Gasteiger partial charge in [0.05, 0.1) is 16.6 Å². The van der Waals surface area contributed by atoms with Crippen LogP contribution in [-0.2, 0) is 12.6 Å². The van der Waals surface area contributed by atoms with E-state index >= 15 is 4.39 Å². The molecule has 4 aromatic rings. The Bertz CT molecular complexity index is 1550. The fraction of sp³-hybridized carbons (Fsp3) is 0.292. The van der Waals surface area contributed by atoms with E-state index in [1.54, 1.807) is 10.7 Å². The Morgan fingerprint density at radius 2 is 1.95 bits per heavy atom. The Hall–Kier alpha value is -4.29. The lowest BCUT2D eigenvalue weighted by Crippen LogP contribution is -2.33. The van der Waals surface area contributed by atoms with Gasteiger partial charge in [-0.3, -0.25) is 10.2 Å². The van der Waals surface area contributed by atoms with E-state index in [9.17, 15) is 18.0 Å². The maximum Gasteiger partial charge on any atom is 0.416 e. The summed E-state index contributed by atoms with van der Waals surface area (Å²) in [5, 5.41) is 7.36. The number of fused-ring (bicyclic) bond motifs is 2. The number of benzene rings is 1. The number of aromatic nitrogens is 5. The molecule has 9 nitrogen and oxygen atoms in total. The topological polar surface area (TPSA) is 115 Å². The van der Waals surface area contributed by atoms with Crippen molar-refractivity contribution >= 4 is 34.4 Å². The number of urea groups is 1. The van der Waals surface area contributed by atoms with Crippen LogP contribution in [0, 0.1) is 12.7 Å². The number of nitrogen functional groups attached to an aromatic ring is 1. The van der Waals surface area contributed by atoms with Crippen molar-refractivity contribution in [2.24, 2.45) is 0 Å². The van der Waals surface area contributed by atoms with E-state index in [0.29, 0.717) is 16.7 Å². The van der Waals surface area contributed by atoms with Crippen molar-refractivity contribution < 1.29 is 22.4 Å². The third-order valence-electron chi connectivity index (χ3n) is 6.25. The molecule has 37 heavy (non-hydrogen) atoms. The largest absolute Gasteiger partial charge is 0.416 e. The quantitative estimate of drug-likeness (QED) is 0.367. The number of pyridine rings is 1. The highest BCUT2D eigenvalue weighted by molar-refractivity contribution is 6.04. The zero-order valence-corrected chi connectivity index (χ0v) is 20.1. The molecule has 1 aromatic carbocycles. The molecule has 0 atom stereocenters. The van der Waals surface area contributed by atoms with Gasteiger partial charge in [0.15, 0.2) is 5.65 Å². The Balaban J connectivity index is 1.49. The van der Waals surface area contributed by atoms with Crippen molar-refractivity contribution in [1.82, 2.24) is 24.7 Å². The third kappa shape index (κ3) is 4.09. The number of hydrogen-bond acceptors (Lipinski definition) is 6. The Morgan fingerprint density at radius 1 is 1.19 bits per heavy atom. The number of nitrogens with zero attached hydrogens (tertiary/aromatic N) is 6.